The summed E-state index contributed by atoms with van der Waals surface area (Å²) in [5.74, 6) is 0. The highest BCUT2D eigenvalue weighted by atomic mass is 32.2. The Labute approximate surface area is 161 Å². The lowest BCUT2D eigenvalue weighted by Gasteiger charge is -2.26. The number of hydrogen-bond donors (Lipinski definition) is 2. The first kappa shape index (κ1) is 19.5. The van der Waals surface area contributed by atoms with E-state index in [4.69, 9.17) is 17.0 Å². The molecule has 0 aliphatic carbocycles. The van der Waals surface area contributed by atoms with Crippen LogP contribution in [0, 0.1) is 6.92 Å². The van der Waals surface area contributed by atoms with Crippen LogP contribution in [0.4, 0.5) is 5.69 Å². The zero-order valence-electron chi connectivity index (χ0n) is 15.2. The van der Waals surface area contributed by atoms with Crippen LogP contribution in [-0.2, 0) is 14.8 Å². The highest BCUT2D eigenvalue weighted by molar-refractivity contribution is 7.89. The van der Waals surface area contributed by atoms with Crippen LogP contribution in [0.3, 0.4) is 0 Å². The quantitative estimate of drug-likeness (QED) is 0.745. The molecular formula is C18H27N3O3S2. The van der Waals surface area contributed by atoms with Gasteiger partial charge in [-0.25, -0.2) is 8.42 Å². The SMILES string of the molecule is Cc1ccc(NC(=S)NC[C@@H]2CCCO2)cc1S(=O)(=O)N1CCCCC1. The minimum atomic E-state index is -3.47. The van der Waals surface area contributed by atoms with Crippen molar-refractivity contribution in [3.63, 3.8) is 0 Å². The molecule has 2 aliphatic heterocycles. The largest absolute Gasteiger partial charge is 0.376 e. The Bertz CT molecular complexity index is 740. The number of ether oxygens (including phenoxy) is 1. The molecule has 0 aromatic heterocycles. The van der Waals surface area contributed by atoms with Crippen LogP contribution in [-0.4, -0.2) is 50.2 Å². The first-order chi connectivity index (χ1) is 12.5. The van der Waals surface area contributed by atoms with Crippen molar-refractivity contribution in [2.24, 2.45) is 0 Å². The number of piperidine rings is 1. The Morgan fingerprint density at radius 1 is 1.27 bits per heavy atom. The van der Waals surface area contributed by atoms with Crippen molar-refractivity contribution < 1.29 is 13.2 Å². The van der Waals surface area contributed by atoms with Crippen LogP contribution in [0.25, 0.3) is 0 Å². The van der Waals surface area contributed by atoms with Gasteiger partial charge < -0.3 is 15.4 Å². The molecular weight excluding hydrogens is 370 g/mol. The molecule has 1 aromatic rings. The molecule has 2 heterocycles. The molecule has 0 spiro atoms. The van der Waals surface area contributed by atoms with Crippen LogP contribution >= 0.6 is 12.2 Å². The molecule has 0 bridgehead atoms. The molecule has 8 heteroatoms. The average molecular weight is 398 g/mol. The summed E-state index contributed by atoms with van der Waals surface area (Å²) in [6, 6.07) is 5.35. The zero-order valence-corrected chi connectivity index (χ0v) is 16.8. The van der Waals surface area contributed by atoms with E-state index in [2.05, 4.69) is 10.6 Å². The fraction of sp³-hybridized carbons (Fsp3) is 0.611. The van der Waals surface area contributed by atoms with Crippen molar-refractivity contribution in [1.82, 2.24) is 9.62 Å². The van der Waals surface area contributed by atoms with Gasteiger partial charge in [-0.3, -0.25) is 0 Å². The van der Waals surface area contributed by atoms with Crippen LogP contribution in [0.5, 0.6) is 0 Å². The van der Waals surface area contributed by atoms with Crippen LogP contribution in [0.15, 0.2) is 23.1 Å². The van der Waals surface area contributed by atoms with E-state index < -0.39 is 10.0 Å². The molecule has 6 nitrogen and oxygen atoms in total. The second-order valence-electron chi connectivity index (χ2n) is 6.92. The highest BCUT2D eigenvalue weighted by Crippen LogP contribution is 2.26. The van der Waals surface area contributed by atoms with Crippen molar-refractivity contribution in [3.8, 4) is 0 Å². The van der Waals surface area contributed by atoms with Crippen LogP contribution < -0.4 is 10.6 Å². The Morgan fingerprint density at radius 3 is 2.73 bits per heavy atom. The summed E-state index contributed by atoms with van der Waals surface area (Å²) in [6.45, 7) is 4.50. The van der Waals surface area contributed by atoms with Crippen molar-refractivity contribution in [1.29, 1.82) is 0 Å². The summed E-state index contributed by atoms with van der Waals surface area (Å²) >= 11 is 5.33. The number of hydrogen-bond acceptors (Lipinski definition) is 4. The second-order valence-corrected chi connectivity index (χ2v) is 9.23. The number of rotatable bonds is 5. The summed E-state index contributed by atoms with van der Waals surface area (Å²) in [4.78, 5) is 0.353. The van der Waals surface area contributed by atoms with Gasteiger partial charge in [0.25, 0.3) is 0 Å². The molecule has 0 amide bonds. The maximum atomic E-state index is 13.0. The van der Waals surface area contributed by atoms with Gasteiger partial charge in [0, 0.05) is 31.9 Å². The Hall–Kier alpha value is -1.22. The molecule has 0 unspecified atom stereocenters. The minimum absolute atomic E-state index is 0.197. The Balaban J connectivity index is 1.67. The average Bonchev–Trinajstić information content (AvgIpc) is 3.16. The second kappa shape index (κ2) is 8.65. The maximum absolute atomic E-state index is 13.0. The predicted octanol–water partition coefficient (Wildman–Crippen LogP) is 2.64. The van der Waals surface area contributed by atoms with E-state index in [1.165, 1.54) is 0 Å². The third-order valence-corrected chi connectivity index (χ3v) is 7.18. The molecule has 144 valence electrons. The summed E-state index contributed by atoms with van der Waals surface area (Å²) in [5, 5.41) is 6.71. The van der Waals surface area contributed by atoms with E-state index in [-0.39, 0.29) is 6.10 Å². The van der Waals surface area contributed by atoms with E-state index in [0.29, 0.717) is 35.3 Å². The fourth-order valence-electron chi connectivity index (χ4n) is 3.39. The normalized spacial score (nSPS) is 21.5. The summed E-state index contributed by atoms with van der Waals surface area (Å²) < 4.78 is 33.1. The van der Waals surface area contributed by atoms with E-state index in [1.807, 2.05) is 19.1 Å². The first-order valence-corrected chi connectivity index (χ1v) is 11.1. The molecule has 1 atom stereocenters. The van der Waals surface area contributed by atoms with Gasteiger partial charge in [-0.15, -0.1) is 0 Å². The van der Waals surface area contributed by atoms with Crippen LogP contribution in [0.2, 0.25) is 0 Å². The lowest BCUT2D eigenvalue weighted by molar-refractivity contribution is 0.114. The minimum Gasteiger partial charge on any atom is -0.376 e. The van der Waals surface area contributed by atoms with E-state index in [9.17, 15) is 8.42 Å². The summed E-state index contributed by atoms with van der Waals surface area (Å²) in [7, 11) is -3.47. The molecule has 2 N–H and O–H groups in total. The lowest BCUT2D eigenvalue weighted by atomic mass is 10.2. The van der Waals surface area contributed by atoms with E-state index in [1.54, 1.807) is 10.4 Å². The number of sulfonamides is 1. The fourth-order valence-corrected chi connectivity index (χ4v) is 5.36. The van der Waals surface area contributed by atoms with Crippen molar-refractivity contribution in [2.45, 2.75) is 50.0 Å². The number of benzene rings is 1. The van der Waals surface area contributed by atoms with Gasteiger partial charge in [0.15, 0.2) is 5.11 Å². The third kappa shape index (κ3) is 4.73. The Morgan fingerprint density at radius 2 is 2.04 bits per heavy atom. The molecule has 26 heavy (non-hydrogen) atoms. The molecule has 2 fully saturated rings. The summed E-state index contributed by atoms with van der Waals surface area (Å²) in [5.41, 5.74) is 1.43. The molecule has 2 saturated heterocycles. The van der Waals surface area contributed by atoms with E-state index >= 15 is 0 Å². The molecule has 1 aromatic carbocycles. The van der Waals surface area contributed by atoms with Crippen LogP contribution in [0.1, 0.15) is 37.7 Å². The van der Waals surface area contributed by atoms with Gasteiger partial charge in [-0.05, 0) is 62.5 Å². The summed E-state index contributed by atoms with van der Waals surface area (Å²) in [6.07, 6.45) is 5.27. The van der Waals surface area contributed by atoms with Crippen molar-refractivity contribution in [3.05, 3.63) is 23.8 Å². The van der Waals surface area contributed by atoms with Crippen molar-refractivity contribution >= 4 is 33.0 Å². The first-order valence-electron chi connectivity index (χ1n) is 9.24. The molecule has 0 radical (unpaired) electrons. The Kier molecular flexibility index (Phi) is 6.50. The maximum Gasteiger partial charge on any atom is 0.243 e. The molecule has 3 rings (SSSR count). The zero-order chi connectivity index (χ0) is 18.6. The van der Waals surface area contributed by atoms with E-state index in [0.717, 1.165) is 44.3 Å². The van der Waals surface area contributed by atoms with Gasteiger partial charge in [-0.2, -0.15) is 4.31 Å². The number of nitrogens with one attached hydrogen (secondary N) is 2. The topological polar surface area (TPSA) is 70.7 Å². The monoisotopic (exact) mass is 397 g/mol. The number of thiocarbonyl (C=S) groups is 1. The smallest absolute Gasteiger partial charge is 0.243 e. The van der Waals surface area contributed by atoms with Gasteiger partial charge in [0.2, 0.25) is 10.0 Å². The molecule has 0 saturated carbocycles. The van der Waals surface area contributed by atoms with Crippen molar-refractivity contribution in [2.75, 3.05) is 31.6 Å². The number of aryl methyl sites for hydroxylation is 1. The predicted molar refractivity (Wildman–Crippen MR) is 107 cm³/mol. The number of nitrogens with zero attached hydrogens (tertiary/aromatic N) is 1. The third-order valence-electron chi connectivity index (χ3n) is 4.89. The molecule has 2 aliphatic rings. The standard InChI is InChI=1S/C18H27N3O3S2/c1-14-7-8-15(20-18(25)19-13-16-6-5-11-24-16)12-17(14)26(22,23)21-9-3-2-4-10-21/h7-8,12,16H,2-6,9-11,13H2,1H3,(H2,19,20,25)/t16-/m0/s1. The van der Waals surface area contributed by atoms with Gasteiger partial charge in [0.1, 0.15) is 0 Å². The van der Waals surface area contributed by atoms with Gasteiger partial charge >= 0.3 is 0 Å². The van der Waals surface area contributed by atoms with Gasteiger partial charge in [0.05, 0.1) is 11.0 Å². The highest BCUT2D eigenvalue weighted by Gasteiger charge is 2.27. The lowest BCUT2D eigenvalue weighted by Crippen LogP contribution is -2.36. The number of anilines is 1. The van der Waals surface area contributed by atoms with Gasteiger partial charge in [-0.1, -0.05) is 12.5 Å².